The molecule has 0 atom stereocenters. The number of hydrogen-bond donors (Lipinski definition) is 1. The Labute approximate surface area is 154 Å². The minimum absolute atomic E-state index is 0.0852. The van der Waals surface area contributed by atoms with Crippen LogP contribution >= 0.6 is 15.9 Å². The summed E-state index contributed by atoms with van der Waals surface area (Å²) in [6.07, 6.45) is 1.31. The second kappa shape index (κ2) is 7.40. The first kappa shape index (κ1) is 17.7. The Bertz CT molecular complexity index is 1010. The number of aromatic nitrogens is 2. The van der Waals surface area contributed by atoms with Crippen molar-refractivity contribution in [3.8, 4) is 5.88 Å². The monoisotopic (exact) mass is 420 g/mol. The summed E-state index contributed by atoms with van der Waals surface area (Å²) in [5, 5.41) is 13.8. The molecule has 0 aliphatic heterocycles. The second-order valence-corrected chi connectivity index (χ2v) is 6.02. The predicted molar refractivity (Wildman–Crippen MR) is 94.4 cm³/mol. The van der Waals surface area contributed by atoms with E-state index in [0.717, 1.165) is 16.6 Å². The summed E-state index contributed by atoms with van der Waals surface area (Å²) in [5.74, 6) is -1.34. The number of carbonyl (C=O) groups excluding carboxylic acids is 1. The van der Waals surface area contributed by atoms with Gasteiger partial charge in [0.15, 0.2) is 6.61 Å². The maximum Gasteiger partial charge on any atom is 0.306 e. The highest BCUT2D eigenvalue weighted by Crippen LogP contribution is 2.25. The van der Waals surface area contributed by atoms with Gasteiger partial charge in [-0.3, -0.25) is 14.9 Å². The molecule has 2 aromatic carbocycles. The fourth-order valence-electron chi connectivity index (χ4n) is 2.18. The zero-order chi connectivity index (χ0) is 18.7. The van der Waals surface area contributed by atoms with Gasteiger partial charge in [0, 0.05) is 16.2 Å². The van der Waals surface area contributed by atoms with Crippen LogP contribution in [-0.4, -0.2) is 27.4 Å². The van der Waals surface area contributed by atoms with E-state index in [9.17, 15) is 19.3 Å². The first-order chi connectivity index (χ1) is 12.4. The number of nitrogens with one attached hydrogen (secondary N) is 1. The first-order valence-corrected chi connectivity index (χ1v) is 8.00. The molecule has 0 radical (unpaired) electrons. The number of hydrogen-bond acceptors (Lipinski definition) is 6. The summed E-state index contributed by atoms with van der Waals surface area (Å²) in [7, 11) is 0. The van der Waals surface area contributed by atoms with Crippen LogP contribution in [0, 0.1) is 15.9 Å². The van der Waals surface area contributed by atoms with Crippen LogP contribution in [0.25, 0.3) is 10.9 Å². The SMILES string of the molecule is O=C(COc1ncnc2ccc(Br)cc12)Nc1ccc(F)c([N+](=O)[O-])c1. The number of amides is 1. The van der Waals surface area contributed by atoms with Gasteiger partial charge in [-0.25, -0.2) is 9.97 Å². The van der Waals surface area contributed by atoms with Crippen molar-refractivity contribution >= 4 is 44.1 Å². The summed E-state index contributed by atoms with van der Waals surface area (Å²) < 4.78 is 19.5. The number of ether oxygens (including phenoxy) is 1. The Morgan fingerprint density at radius 1 is 1.27 bits per heavy atom. The quantitative estimate of drug-likeness (QED) is 0.500. The van der Waals surface area contributed by atoms with Gasteiger partial charge in [0.05, 0.1) is 15.8 Å². The zero-order valence-electron chi connectivity index (χ0n) is 13.0. The van der Waals surface area contributed by atoms with Crippen LogP contribution in [0.1, 0.15) is 0 Å². The zero-order valence-corrected chi connectivity index (χ0v) is 14.6. The molecule has 3 aromatic rings. The summed E-state index contributed by atoms with van der Waals surface area (Å²) >= 11 is 3.34. The number of fused-ring (bicyclic) bond motifs is 1. The number of anilines is 1. The van der Waals surface area contributed by atoms with Crippen molar-refractivity contribution in [2.45, 2.75) is 0 Å². The van der Waals surface area contributed by atoms with Crippen LogP contribution in [-0.2, 0) is 4.79 Å². The van der Waals surface area contributed by atoms with Crippen molar-refractivity contribution < 1.29 is 18.8 Å². The van der Waals surface area contributed by atoms with Crippen LogP contribution < -0.4 is 10.1 Å². The maximum atomic E-state index is 13.3. The molecule has 1 N–H and O–H groups in total. The summed E-state index contributed by atoms with van der Waals surface area (Å²) in [6, 6.07) is 8.40. The highest BCUT2D eigenvalue weighted by atomic mass is 79.9. The van der Waals surface area contributed by atoms with Gasteiger partial charge in [-0.05, 0) is 30.3 Å². The lowest BCUT2D eigenvalue weighted by Gasteiger charge is -2.09. The van der Waals surface area contributed by atoms with Crippen molar-refractivity contribution in [2.24, 2.45) is 0 Å². The number of carbonyl (C=O) groups is 1. The first-order valence-electron chi connectivity index (χ1n) is 7.21. The summed E-state index contributed by atoms with van der Waals surface area (Å²) in [4.78, 5) is 30.0. The van der Waals surface area contributed by atoms with Gasteiger partial charge in [0.2, 0.25) is 11.7 Å². The Morgan fingerprint density at radius 2 is 2.08 bits per heavy atom. The van der Waals surface area contributed by atoms with Crippen molar-refractivity contribution in [1.29, 1.82) is 0 Å². The molecule has 0 unspecified atom stereocenters. The van der Waals surface area contributed by atoms with E-state index in [-0.39, 0.29) is 18.2 Å². The van der Waals surface area contributed by atoms with Gasteiger partial charge in [-0.1, -0.05) is 15.9 Å². The molecular weight excluding hydrogens is 411 g/mol. The molecule has 1 amide bonds. The number of nitro groups is 1. The van der Waals surface area contributed by atoms with E-state index in [1.807, 2.05) is 6.07 Å². The molecule has 8 nitrogen and oxygen atoms in total. The van der Waals surface area contributed by atoms with E-state index >= 15 is 0 Å². The van der Waals surface area contributed by atoms with Crippen LogP contribution in [0.5, 0.6) is 5.88 Å². The lowest BCUT2D eigenvalue weighted by atomic mass is 10.2. The normalized spacial score (nSPS) is 10.5. The molecule has 3 rings (SSSR count). The van der Waals surface area contributed by atoms with Gasteiger partial charge >= 0.3 is 5.69 Å². The van der Waals surface area contributed by atoms with Gasteiger partial charge in [-0.15, -0.1) is 0 Å². The van der Waals surface area contributed by atoms with Gasteiger partial charge in [0.25, 0.3) is 5.91 Å². The molecule has 0 aliphatic rings. The van der Waals surface area contributed by atoms with Crippen LogP contribution in [0.15, 0.2) is 47.2 Å². The molecule has 26 heavy (non-hydrogen) atoms. The molecule has 0 aliphatic carbocycles. The van der Waals surface area contributed by atoms with Gasteiger partial charge in [-0.2, -0.15) is 4.39 Å². The van der Waals surface area contributed by atoms with E-state index < -0.39 is 22.3 Å². The molecule has 0 bridgehead atoms. The van der Waals surface area contributed by atoms with E-state index in [1.54, 1.807) is 12.1 Å². The smallest absolute Gasteiger partial charge is 0.306 e. The summed E-state index contributed by atoms with van der Waals surface area (Å²) in [6.45, 7) is -0.385. The van der Waals surface area contributed by atoms with Crippen molar-refractivity contribution in [1.82, 2.24) is 9.97 Å². The predicted octanol–water partition coefficient (Wildman–Crippen LogP) is 3.46. The molecule has 0 saturated carbocycles. The average molecular weight is 421 g/mol. The molecule has 1 aromatic heterocycles. The van der Waals surface area contributed by atoms with Crippen molar-refractivity contribution in [3.05, 3.63) is 63.1 Å². The molecule has 0 fully saturated rings. The molecule has 0 spiro atoms. The topological polar surface area (TPSA) is 107 Å². The largest absolute Gasteiger partial charge is 0.467 e. The van der Waals surface area contributed by atoms with Gasteiger partial charge in [0.1, 0.15) is 6.33 Å². The molecule has 0 saturated heterocycles. The van der Waals surface area contributed by atoms with Crippen LogP contribution in [0.2, 0.25) is 0 Å². The average Bonchev–Trinajstić information content (AvgIpc) is 2.61. The minimum Gasteiger partial charge on any atom is -0.467 e. The maximum absolute atomic E-state index is 13.3. The number of rotatable bonds is 5. The third kappa shape index (κ3) is 3.91. The van der Waals surface area contributed by atoms with Crippen LogP contribution in [0.4, 0.5) is 15.8 Å². The fourth-order valence-corrected chi connectivity index (χ4v) is 2.54. The Balaban J connectivity index is 1.71. The fraction of sp³-hybridized carbons (Fsp3) is 0.0625. The number of nitro benzene ring substituents is 1. The summed E-state index contributed by atoms with van der Waals surface area (Å²) in [5.41, 5.74) is 0.00474. The Hall–Kier alpha value is -3.14. The molecule has 1 heterocycles. The van der Waals surface area contributed by atoms with E-state index in [4.69, 9.17) is 4.74 Å². The molecule has 10 heteroatoms. The Kier molecular flexibility index (Phi) is 5.03. The molecule has 132 valence electrons. The number of halogens is 2. The second-order valence-electron chi connectivity index (χ2n) is 5.10. The third-order valence-corrected chi connectivity index (χ3v) is 3.82. The van der Waals surface area contributed by atoms with Crippen molar-refractivity contribution in [3.63, 3.8) is 0 Å². The highest BCUT2D eigenvalue weighted by molar-refractivity contribution is 9.10. The van der Waals surface area contributed by atoms with Gasteiger partial charge < -0.3 is 10.1 Å². The van der Waals surface area contributed by atoms with E-state index in [2.05, 4.69) is 31.2 Å². The lowest BCUT2D eigenvalue weighted by molar-refractivity contribution is -0.387. The standard InChI is InChI=1S/C16H10BrFN4O4/c17-9-1-4-13-11(5-9)16(20-8-19-13)26-7-15(23)21-10-2-3-12(18)14(6-10)22(24)25/h1-6,8H,7H2,(H,21,23). The molecular formula is C16H10BrFN4O4. The lowest BCUT2D eigenvalue weighted by Crippen LogP contribution is -2.20. The number of benzene rings is 2. The van der Waals surface area contributed by atoms with Crippen LogP contribution in [0.3, 0.4) is 0 Å². The van der Waals surface area contributed by atoms with E-state index in [0.29, 0.717) is 10.9 Å². The third-order valence-electron chi connectivity index (χ3n) is 3.33. The Morgan fingerprint density at radius 3 is 2.85 bits per heavy atom. The number of nitrogens with zero attached hydrogens (tertiary/aromatic N) is 3. The van der Waals surface area contributed by atoms with Crippen molar-refractivity contribution in [2.75, 3.05) is 11.9 Å². The van der Waals surface area contributed by atoms with E-state index in [1.165, 1.54) is 12.4 Å². The highest BCUT2D eigenvalue weighted by Gasteiger charge is 2.16. The minimum atomic E-state index is -0.984.